The third-order valence-corrected chi connectivity index (χ3v) is 2.84. The lowest BCUT2D eigenvalue weighted by molar-refractivity contribution is 0.476. The number of nitrogen functional groups attached to an aromatic ring is 1. The second-order valence-corrected chi connectivity index (χ2v) is 4.01. The first kappa shape index (κ1) is 9.77. The molecule has 3 aromatic rings. The molecule has 5 heteroatoms. The van der Waals surface area contributed by atoms with E-state index >= 15 is 0 Å². The van der Waals surface area contributed by atoms with Gasteiger partial charge in [-0.15, -0.1) is 0 Å². The number of benzene rings is 1. The van der Waals surface area contributed by atoms with Crippen molar-refractivity contribution in [2.24, 2.45) is 7.05 Å². The Bertz CT molecular complexity index is 696. The van der Waals surface area contributed by atoms with Gasteiger partial charge in [0.05, 0.1) is 5.69 Å². The molecule has 0 aliphatic carbocycles. The van der Waals surface area contributed by atoms with E-state index in [-0.39, 0.29) is 5.75 Å². The summed E-state index contributed by atoms with van der Waals surface area (Å²) < 4.78 is 1.74. The first-order valence-electron chi connectivity index (χ1n) is 5.25. The topological polar surface area (TPSA) is 79.9 Å². The maximum absolute atomic E-state index is 9.41. The van der Waals surface area contributed by atoms with Gasteiger partial charge in [0.1, 0.15) is 11.6 Å². The highest BCUT2D eigenvalue weighted by Gasteiger charge is 2.11. The van der Waals surface area contributed by atoms with Gasteiger partial charge < -0.3 is 15.8 Å². The van der Waals surface area contributed by atoms with Gasteiger partial charge in [0, 0.05) is 41.8 Å². The third kappa shape index (κ3) is 1.44. The van der Waals surface area contributed by atoms with E-state index in [1.165, 1.54) is 0 Å². The summed E-state index contributed by atoms with van der Waals surface area (Å²) in [6.07, 6.45) is 1.89. The normalized spacial score (nSPS) is 11.1. The summed E-state index contributed by atoms with van der Waals surface area (Å²) in [4.78, 5) is 3.12. The zero-order chi connectivity index (χ0) is 12.0. The molecule has 2 heterocycles. The van der Waals surface area contributed by atoms with Crippen LogP contribution in [0.2, 0.25) is 0 Å². The Morgan fingerprint density at radius 3 is 2.88 bits per heavy atom. The molecule has 17 heavy (non-hydrogen) atoms. The van der Waals surface area contributed by atoms with Crippen LogP contribution in [0.5, 0.6) is 5.75 Å². The van der Waals surface area contributed by atoms with Crippen LogP contribution in [0.1, 0.15) is 0 Å². The molecule has 0 unspecified atom stereocenters. The number of nitrogens with zero attached hydrogens (tertiary/aromatic N) is 2. The third-order valence-electron chi connectivity index (χ3n) is 2.84. The summed E-state index contributed by atoms with van der Waals surface area (Å²) in [5.41, 5.74) is 8.52. The highest BCUT2D eigenvalue weighted by Crippen LogP contribution is 2.30. The van der Waals surface area contributed by atoms with Crippen LogP contribution >= 0.6 is 0 Å². The van der Waals surface area contributed by atoms with Crippen molar-refractivity contribution in [3.8, 4) is 17.0 Å². The smallest absolute Gasteiger partial charge is 0.146 e. The number of aryl methyl sites for hydroxylation is 1. The van der Waals surface area contributed by atoms with Gasteiger partial charge in [0.15, 0.2) is 0 Å². The van der Waals surface area contributed by atoms with Crippen LogP contribution in [0.3, 0.4) is 0 Å². The molecule has 0 aliphatic rings. The van der Waals surface area contributed by atoms with Gasteiger partial charge in [-0.25, -0.2) is 0 Å². The highest BCUT2D eigenvalue weighted by molar-refractivity contribution is 5.95. The summed E-state index contributed by atoms with van der Waals surface area (Å²) in [5.74, 6) is 0.742. The molecule has 2 aromatic heterocycles. The van der Waals surface area contributed by atoms with E-state index in [4.69, 9.17) is 5.73 Å². The SMILES string of the molecule is Cn1nc(N)cc1-c1c[nH]c2cc(O)ccc12. The number of aromatic amines is 1. The van der Waals surface area contributed by atoms with Crippen molar-refractivity contribution in [1.82, 2.24) is 14.8 Å². The minimum absolute atomic E-state index is 0.246. The summed E-state index contributed by atoms with van der Waals surface area (Å²) in [6, 6.07) is 7.06. The second-order valence-electron chi connectivity index (χ2n) is 4.01. The minimum Gasteiger partial charge on any atom is -0.508 e. The molecule has 1 aromatic carbocycles. The van der Waals surface area contributed by atoms with E-state index in [0.717, 1.165) is 22.2 Å². The van der Waals surface area contributed by atoms with E-state index in [2.05, 4.69) is 10.1 Å². The van der Waals surface area contributed by atoms with Crippen molar-refractivity contribution in [2.45, 2.75) is 0 Å². The number of rotatable bonds is 1. The van der Waals surface area contributed by atoms with Crippen LogP contribution < -0.4 is 5.73 Å². The second kappa shape index (κ2) is 3.28. The quantitative estimate of drug-likeness (QED) is 0.594. The zero-order valence-corrected chi connectivity index (χ0v) is 9.31. The first-order chi connectivity index (χ1) is 8.15. The molecule has 0 radical (unpaired) electrons. The van der Waals surface area contributed by atoms with E-state index in [1.807, 2.05) is 25.4 Å². The number of hydrogen-bond acceptors (Lipinski definition) is 3. The van der Waals surface area contributed by atoms with Crippen LogP contribution in [-0.2, 0) is 7.05 Å². The molecular formula is C12H12N4O. The Balaban J connectivity index is 2.28. The van der Waals surface area contributed by atoms with Crippen molar-refractivity contribution < 1.29 is 5.11 Å². The fraction of sp³-hybridized carbons (Fsp3) is 0.0833. The Morgan fingerprint density at radius 2 is 2.18 bits per heavy atom. The van der Waals surface area contributed by atoms with Crippen LogP contribution in [0, 0.1) is 0 Å². The number of fused-ring (bicyclic) bond motifs is 1. The van der Waals surface area contributed by atoms with Crippen LogP contribution in [0.15, 0.2) is 30.5 Å². The molecule has 0 amide bonds. The Kier molecular flexibility index (Phi) is 1.89. The number of nitrogens with two attached hydrogens (primary N) is 1. The molecule has 0 bridgehead atoms. The Labute approximate surface area is 97.5 Å². The fourth-order valence-corrected chi connectivity index (χ4v) is 2.07. The monoisotopic (exact) mass is 228 g/mol. The first-order valence-corrected chi connectivity index (χ1v) is 5.25. The maximum atomic E-state index is 9.41. The number of hydrogen-bond donors (Lipinski definition) is 3. The van der Waals surface area contributed by atoms with Gasteiger partial charge in [-0.3, -0.25) is 4.68 Å². The summed E-state index contributed by atoms with van der Waals surface area (Å²) in [5, 5.41) is 14.6. The van der Waals surface area contributed by atoms with Crippen molar-refractivity contribution in [1.29, 1.82) is 0 Å². The standard InChI is InChI=1S/C12H12N4O/c1-16-11(5-12(13)15-16)9-6-14-10-4-7(17)2-3-8(9)10/h2-6,14,17H,1H3,(H2,13,15). The zero-order valence-electron chi connectivity index (χ0n) is 9.31. The van der Waals surface area contributed by atoms with Crippen molar-refractivity contribution in [3.05, 3.63) is 30.5 Å². The Morgan fingerprint density at radius 1 is 1.35 bits per heavy atom. The molecule has 0 spiro atoms. The van der Waals surface area contributed by atoms with Crippen molar-refractivity contribution in [2.75, 3.05) is 5.73 Å². The molecule has 3 rings (SSSR count). The molecule has 86 valence electrons. The fourth-order valence-electron chi connectivity index (χ4n) is 2.07. The van der Waals surface area contributed by atoms with E-state index in [0.29, 0.717) is 5.82 Å². The molecule has 4 N–H and O–H groups in total. The minimum atomic E-state index is 0.246. The van der Waals surface area contributed by atoms with Crippen LogP contribution in [-0.4, -0.2) is 19.9 Å². The maximum Gasteiger partial charge on any atom is 0.146 e. The molecule has 0 saturated heterocycles. The average molecular weight is 228 g/mol. The summed E-state index contributed by atoms with van der Waals surface area (Å²) in [7, 11) is 1.85. The number of phenols is 1. The molecule has 0 fully saturated rings. The number of anilines is 1. The lowest BCUT2D eigenvalue weighted by atomic mass is 10.1. The van der Waals surface area contributed by atoms with Crippen LogP contribution in [0.25, 0.3) is 22.2 Å². The van der Waals surface area contributed by atoms with Crippen LogP contribution in [0.4, 0.5) is 5.82 Å². The predicted molar refractivity (Wildman–Crippen MR) is 66.6 cm³/mol. The van der Waals surface area contributed by atoms with Crippen molar-refractivity contribution >= 4 is 16.7 Å². The molecular weight excluding hydrogens is 216 g/mol. The summed E-state index contributed by atoms with van der Waals surface area (Å²) in [6.45, 7) is 0. The largest absolute Gasteiger partial charge is 0.508 e. The number of nitrogens with one attached hydrogen (secondary N) is 1. The van der Waals surface area contributed by atoms with Crippen molar-refractivity contribution in [3.63, 3.8) is 0 Å². The molecule has 5 nitrogen and oxygen atoms in total. The van der Waals surface area contributed by atoms with Gasteiger partial charge in [-0.2, -0.15) is 5.10 Å². The van der Waals surface area contributed by atoms with E-state index in [1.54, 1.807) is 16.8 Å². The predicted octanol–water partition coefficient (Wildman–Crippen LogP) is 1.86. The number of H-pyrrole nitrogens is 1. The highest BCUT2D eigenvalue weighted by atomic mass is 16.3. The van der Waals surface area contributed by atoms with Gasteiger partial charge in [0.2, 0.25) is 0 Å². The number of aromatic hydroxyl groups is 1. The Hall–Kier alpha value is -2.43. The molecule has 0 atom stereocenters. The number of aromatic nitrogens is 3. The van der Waals surface area contributed by atoms with Gasteiger partial charge in [-0.1, -0.05) is 0 Å². The van der Waals surface area contributed by atoms with Gasteiger partial charge in [0.25, 0.3) is 0 Å². The molecule has 0 aliphatic heterocycles. The summed E-state index contributed by atoms with van der Waals surface area (Å²) >= 11 is 0. The molecule has 0 saturated carbocycles. The van der Waals surface area contributed by atoms with Gasteiger partial charge >= 0.3 is 0 Å². The van der Waals surface area contributed by atoms with E-state index < -0.39 is 0 Å². The lowest BCUT2D eigenvalue weighted by Gasteiger charge is -1.99. The lowest BCUT2D eigenvalue weighted by Crippen LogP contribution is -1.94. The number of phenolic OH excluding ortho intramolecular Hbond substituents is 1. The average Bonchev–Trinajstić information content (AvgIpc) is 2.81. The van der Waals surface area contributed by atoms with E-state index in [9.17, 15) is 5.11 Å². The van der Waals surface area contributed by atoms with Gasteiger partial charge in [-0.05, 0) is 12.1 Å².